The van der Waals surface area contributed by atoms with E-state index in [0.717, 1.165) is 16.5 Å². The molecule has 2 aromatic heterocycles. The number of nitrogens with one attached hydrogen (secondary N) is 2. The number of benzene rings is 2. The molecule has 2 N–H and O–H groups in total. The molecule has 2 aromatic carbocycles. The molecule has 0 saturated carbocycles. The molecule has 0 aliphatic carbocycles. The summed E-state index contributed by atoms with van der Waals surface area (Å²) < 4.78 is 5.33. The molecule has 0 spiro atoms. The summed E-state index contributed by atoms with van der Waals surface area (Å²) in [5.74, 6) is 0.474. The van der Waals surface area contributed by atoms with Crippen LogP contribution in [0.2, 0.25) is 5.02 Å². The maximum Gasteiger partial charge on any atom is 0.253 e. The molecule has 0 aliphatic heterocycles. The average molecular weight is 352 g/mol. The van der Waals surface area contributed by atoms with Gasteiger partial charge in [0.2, 0.25) is 0 Å². The second kappa shape index (κ2) is 6.45. The van der Waals surface area contributed by atoms with Crippen LogP contribution in [0, 0.1) is 0 Å². The Morgan fingerprint density at radius 3 is 2.80 bits per heavy atom. The van der Waals surface area contributed by atoms with Crippen molar-refractivity contribution in [1.29, 1.82) is 0 Å². The van der Waals surface area contributed by atoms with Crippen molar-refractivity contribution >= 4 is 28.4 Å². The fraction of sp³-hybridized carbons (Fsp3) is 0.0526. The Hall–Kier alpha value is -3.05. The van der Waals surface area contributed by atoms with Gasteiger partial charge in [-0.2, -0.15) is 0 Å². The van der Waals surface area contributed by atoms with Crippen LogP contribution in [0.1, 0.15) is 16.1 Å². The number of carbonyl (C=O) groups is 1. The van der Waals surface area contributed by atoms with E-state index in [0.29, 0.717) is 22.0 Å². The third kappa shape index (κ3) is 3.14. The molecule has 2 heterocycles. The highest BCUT2D eigenvalue weighted by atomic mass is 35.5. The molecule has 4 aromatic rings. The number of hydrogen-bond donors (Lipinski definition) is 2. The first-order valence-electron chi connectivity index (χ1n) is 7.76. The first kappa shape index (κ1) is 15.5. The quantitative estimate of drug-likeness (QED) is 0.572. The van der Waals surface area contributed by atoms with E-state index < -0.39 is 0 Å². The number of aromatic amines is 1. The van der Waals surface area contributed by atoms with Gasteiger partial charge in [0.1, 0.15) is 5.69 Å². The zero-order valence-corrected chi connectivity index (χ0v) is 13.9. The molecule has 124 valence electrons. The molecule has 6 heteroatoms. The monoisotopic (exact) mass is 351 g/mol. The van der Waals surface area contributed by atoms with Crippen LogP contribution in [0.15, 0.2) is 65.3 Å². The van der Waals surface area contributed by atoms with Gasteiger partial charge < -0.3 is 14.8 Å². The highest BCUT2D eigenvalue weighted by Gasteiger charge is 2.13. The largest absolute Gasteiger partial charge is 0.360 e. The van der Waals surface area contributed by atoms with Crippen molar-refractivity contribution in [3.05, 3.63) is 77.1 Å². The maximum absolute atomic E-state index is 12.4. The number of amides is 1. The third-order valence-electron chi connectivity index (χ3n) is 3.95. The lowest BCUT2D eigenvalue weighted by atomic mass is 10.1. The topological polar surface area (TPSA) is 70.9 Å². The summed E-state index contributed by atoms with van der Waals surface area (Å²) in [6, 6.07) is 16.8. The minimum Gasteiger partial charge on any atom is -0.360 e. The van der Waals surface area contributed by atoms with Gasteiger partial charge in [0.15, 0.2) is 5.76 Å². The molecule has 0 atom stereocenters. The molecule has 1 amide bonds. The van der Waals surface area contributed by atoms with Crippen LogP contribution in [-0.2, 0) is 6.54 Å². The molecule has 0 radical (unpaired) electrons. The van der Waals surface area contributed by atoms with Crippen LogP contribution in [0.4, 0.5) is 0 Å². The lowest BCUT2D eigenvalue weighted by Crippen LogP contribution is -2.22. The molecule has 4 rings (SSSR count). The number of halogens is 1. The number of fused-ring (bicyclic) bond motifs is 1. The lowest BCUT2D eigenvalue weighted by Gasteiger charge is -2.01. The van der Waals surface area contributed by atoms with Crippen molar-refractivity contribution in [1.82, 2.24) is 15.5 Å². The van der Waals surface area contributed by atoms with Gasteiger partial charge in [0, 0.05) is 33.8 Å². The van der Waals surface area contributed by atoms with E-state index >= 15 is 0 Å². The summed E-state index contributed by atoms with van der Waals surface area (Å²) in [4.78, 5) is 15.5. The predicted octanol–water partition coefficient (Wildman–Crippen LogP) is 4.41. The van der Waals surface area contributed by atoms with Crippen molar-refractivity contribution in [3.63, 3.8) is 0 Å². The summed E-state index contributed by atoms with van der Waals surface area (Å²) in [5, 5.41) is 8.42. The van der Waals surface area contributed by atoms with E-state index in [2.05, 4.69) is 15.5 Å². The van der Waals surface area contributed by atoms with Gasteiger partial charge in [-0.25, -0.2) is 0 Å². The first-order valence-corrected chi connectivity index (χ1v) is 8.14. The minimum absolute atomic E-state index is 0.159. The van der Waals surface area contributed by atoms with Gasteiger partial charge in [-0.15, -0.1) is 0 Å². The summed E-state index contributed by atoms with van der Waals surface area (Å²) in [7, 11) is 0. The molecule has 0 aliphatic rings. The van der Waals surface area contributed by atoms with Crippen LogP contribution >= 0.6 is 11.6 Å². The van der Waals surface area contributed by atoms with Gasteiger partial charge in [-0.3, -0.25) is 4.79 Å². The van der Waals surface area contributed by atoms with Crippen LogP contribution in [0.3, 0.4) is 0 Å². The number of carbonyl (C=O) groups excluding carboxylic acids is 1. The highest BCUT2D eigenvalue weighted by molar-refractivity contribution is 6.30. The van der Waals surface area contributed by atoms with Crippen LogP contribution in [0.5, 0.6) is 0 Å². The number of rotatable bonds is 4. The maximum atomic E-state index is 12.4. The van der Waals surface area contributed by atoms with E-state index in [4.69, 9.17) is 16.1 Å². The van der Waals surface area contributed by atoms with Crippen LogP contribution < -0.4 is 5.32 Å². The zero-order valence-electron chi connectivity index (χ0n) is 13.1. The van der Waals surface area contributed by atoms with Crippen LogP contribution in [0.25, 0.3) is 22.2 Å². The van der Waals surface area contributed by atoms with E-state index in [1.54, 1.807) is 24.4 Å². The molecular formula is C19H14ClN3O2. The summed E-state index contributed by atoms with van der Waals surface area (Å²) in [6.45, 7) is 0.287. The first-order chi connectivity index (χ1) is 12.2. The Morgan fingerprint density at radius 1 is 1.16 bits per heavy atom. The zero-order chi connectivity index (χ0) is 17.2. The summed E-state index contributed by atoms with van der Waals surface area (Å²) in [6.07, 6.45) is 1.71. The fourth-order valence-electron chi connectivity index (χ4n) is 2.67. The second-order valence-electron chi connectivity index (χ2n) is 5.62. The van der Waals surface area contributed by atoms with Gasteiger partial charge in [0.05, 0.1) is 12.1 Å². The molecular weight excluding hydrogens is 338 g/mol. The average Bonchev–Trinajstić information content (AvgIpc) is 3.27. The van der Waals surface area contributed by atoms with E-state index in [1.165, 1.54) is 0 Å². The molecule has 0 bridgehead atoms. The fourth-order valence-corrected chi connectivity index (χ4v) is 2.80. The Bertz CT molecular complexity index is 1030. The molecule has 0 fully saturated rings. The smallest absolute Gasteiger partial charge is 0.253 e. The van der Waals surface area contributed by atoms with E-state index in [9.17, 15) is 4.79 Å². The lowest BCUT2D eigenvalue weighted by molar-refractivity contribution is 0.0952. The Balaban J connectivity index is 1.46. The Morgan fingerprint density at radius 2 is 1.96 bits per heavy atom. The van der Waals surface area contributed by atoms with Gasteiger partial charge >= 0.3 is 0 Å². The van der Waals surface area contributed by atoms with Crippen molar-refractivity contribution in [3.8, 4) is 11.3 Å². The molecule has 0 unspecified atom stereocenters. The minimum atomic E-state index is -0.159. The molecule has 0 saturated heterocycles. The molecule has 25 heavy (non-hydrogen) atoms. The third-order valence-corrected chi connectivity index (χ3v) is 4.20. The van der Waals surface area contributed by atoms with Gasteiger partial charge in [-0.1, -0.05) is 35.0 Å². The van der Waals surface area contributed by atoms with Crippen molar-refractivity contribution in [2.24, 2.45) is 0 Å². The summed E-state index contributed by atoms with van der Waals surface area (Å²) in [5.41, 5.74) is 3.07. The van der Waals surface area contributed by atoms with Crippen molar-refractivity contribution in [2.75, 3.05) is 0 Å². The van der Waals surface area contributed by atoms with Crippen molar-refractivity contribution in [2.45, 2.75) is 6.54 Å². The van der Waals surface area contributed by atoms with Gasteiger partial charge in [0.25, 0.3) is 5.91 Å². The normalized spacial score (nSPS) is 10.9. The second-order valence-corrected chi connectivity index (χ2v) is 6.06. The predicted molar refractivity (Wildman–Crippen MR) is 96.4 cm³/mol. The summed E-state index contributed by atoms with van der Waals surface area (Å²) >= 11 is 5.88. The number of nitrogens with zero attached hydrogens (tertiary/aromatic N) is 1. The van der Waals surface area contributed by atoms with E-state index in [-0.39, 0.29) is 12.5 Å². The van der Waals surface area contributed by atoms with Gasteiger partial charge in [-0.05, 0) is 30.3 Å². The molecule has 5 nitrogen and oxygen atoms in total. The Kier molecular flexibility index (Phi) is 3.99. The standard InChI is InChI=1S/C19H14ClN3O2/c20-13-7-5-12(6-8-13)18-9-14(23-25-18)10-22-19(24)16-11-21-17-4-2-1-3-15(16)17/h1-9,11,21H,10H2,(H,22,24). The number of para-hydroxylation sites is 1. The Labute approximate surface area is 148 Å². The van der Waals surface area contributed by atoms with Crippen molar-refractivity contribution < 1.29 is 9.32 Å². The SMILES string of the molecule is O=C(NCc1cc(-c2ccc(Cl)cc2)on1)c1c[nH]c2ccccc12. The highest BCUT2D eigenvalue weighted by Crippen LogP contribution is 2.22. The van der Waals surface area contributed by atoms with E-state index in [1.807, 2.05) is 36.4 Å². The number of hydrogen-bond acceptors (Lipinski definition) is 3. The number of aromatic nitrogens is 2. The number of H-pyrrole nitrogens is 1. The van der Waals surface area contributed by atoms with Crippen LogP contribution in [-0.4, -0.2) is 16.0 Å².